The minimum absolute atomic E-state index is 0. The van der Waals surface area contributed by atoms with Gasteiger partial charge in [0.25, 0.3) is 11.8 Å². The van der Waals surface area contributed by atoms with Crippen LogP contribution in [0.1, 0.15) is 78.6 Å². The highest BCUT2D eigenvalue weighted by atomic mass is 79.9. The molecule has 3 N–H and O–H groups in total. The maximum Gasteiger partial charge on any atom is 0.488 e. The van der Waals surface area contributed by atoms with E-state index in [-0.39, 0.29) is 57.7 Å². The monoisotopic (exact) mass is 882 g/mol. The van der Waals surface area contributed by atoms with E-state index in [0.717, 1.165) is 14.6 Å². The van der Waals surface area contributed by atoms with Gasteiger partial charge in [-0.3, -0.25) is 5.10 Å². The molecule has 2 aromatic heterocycles. The molecule has 0 amide bonds. The van der Waals surface area contributed by atoms with Gasteiger partial charge in [-0.1, -0.05) is 71.3 Å². The van der Waals surface area contributed by atoms with Crippen molar-refractivity contribution >= 4 is 56.4 Å². The number of alkyl halides is 4. The van der Waals surface area contributed by atoms with Gasteiger partial charge >= 0.3 is 19.1 Å². The largest absolute Gasteiger partial charge is 0.488 e. The predicted octanol–water partition coefficient (Wildman–Crippen LogP) is 6.90. The Kier molecular flexibility index (Phi) is 11.7. The fourth-order valence-electron chi connectivity index (χ4n) is 7.53. The van der Waals surface area contributed by atoms with Gasteiger partial charge in [0, 0.05) is 67.0 Å². The number of hydrogen-bond acceptors (Lipinski definition) is 8. The highest BCUT2D eigenvalue weighted by Gasteiger charge is 2.79. The second-order valence-electron chi connectivity index (χ2n) is 14.0. The summed E-state index contributed by atoms with van der Waals surface area (Å²) in [6.45, 7) is 7.08. The van der Waals surface area contributed by atoms with Crippen molar-refractivity contribution < 1.29 is 46.7 Å². The third-order valence-corrected chi connectivity index (χ3v) is 11.8. The van der Waals surface area contributed by atoms with E-state index < -0.39 is 53.6 Å². The number of nitrogens with one attached hydrogen (secondary N) is 1. The van der Waals surface area contributed by atoms with Gasteiger partial charge < -0.3 is 19.5 Å². The lowest BCUT2D eigenvalue weighted by Gasteiger charge is -2.18. The zero-order chi connectivity index (χ0) is 38.7. The average Bonchev–Trinajstić information content (AvgIpc) is 3.47. The Morgan fingerprint density at radius 2 is 1.41 bits per heavy atom. The fourth-order valence-corrected chi connectivity index (χ4v) is 8.33. The van der Waals surface area contributed by atoms with Gasteiger partial charge in [-0.05, 0) is 62.5 Å². The van der Waals surface area contributed by atoms with Crippen LogP contribution in [0.15, 0.2) is 57.5 Å². The van der Waals surface area contributed by atoms with E-state index in [9.17, 15) is 27.2 Å². The standard InChI is InChI=1S/C18H17BrF2N2O2.C12H14F2N2O2.C6H6BBrO2.CH4/c1-3-25-16(24)15-12-8-14-17(2,18(14,20)21)9-13(12)23(22-15)11-6-4-5-10(19)7-11;1-3-18-10(17)9-6-4-8-11(2,12(8,13)14)5-7(6)15-16-9;8-6-3-1-2-5(4-6)7(9)10;/h4-7,14H,3,8-9H2,1-2H3;8H,3-5H2,1-2H3,(H,15,16);1-4,9-10H;1H4. The third-order valence-electron chi connectivity index (χ3n) is 10.8. The summed E-state index contributed by atoms with van der Waals surface area (Å²) >= 11 is 6.62. The Bertz CT molecular complexity index is 2060. The minimum atomic E-state index is -2.71. The molecule has 0 radical (unpaired) electrons. The van der Waals surface area contributed by atoms with Gasteiger partial charge in [0.15, 0.2) is 11.4 Å². The molecule has 2 fully saturated rings. The number of fused-ring (bicyclic) bond motifs is 4. The number of ether oxygens (including phenoxy) is 2. The molecule has 2 aromatic carbocycles. The Hall–Kier alpha value is -3.54. The van der Waals surface area contributed by atoms with Crippen LogP contribution in [-0.4, -0.2) is 74.1 Å². The molecule has 290 valence electrons. The summed E-state index contributed by atoms with van der Waals surface area (Å²) in [5.41, 5.74) is 2.03. The third kappa shape index (κ3) is 7.16. The molecular weight excluding hydrogens is 843 g/mol. The summed E-state index contributed by atoms with van der Waals surface area (Å²) in [4.78, 5) is 23.9. The van der Waals surface area contributed by atoms with Gasteiger partial charge in [0.2, 0.25) is 0 Å². The fraction of sp³-hybridized carbons (Fsp3) is 0.459. The number of carbonyl (C=O) groups excluding carboxylic acids is 2. The van der Waals surface area contributed by atoms with Crippen molar-refractivity contribution in [1.29, 1.82) is 0 Å². The van der Waals surface area contributed by atoms with Crippen molar-refractivity contribution in [3.63, 3.8) is 0 Å². The summed E-state index contributed by atoms with van der Waals surface area (Å²) < 4.78 is 69.1. The van der Waals surface area contributed by atoms with Crippen LogP contribution in [0, 0.1) is 22.7 Å². The Balaban J connectivity index is 0.000000169. The summed E-state index contributed by atoms with van der Waals surface area (Å²) in [5.74, 6) is -7.86. The van der Waals surface area contributed by atoms with E-state index in [2.05, 4.69) is 47.2 Å². The number of nitrogens with zero attached hydrogens (tertiary/aromatic N) is 3. The number of carbonyl (C=O) groups is 2. The number of H-pyrrole nitrogens is 1. The second-order valence-corrected chi connectivity index (χ2v) is 15.8. The molecule has 0 spiro atoms. The van der Waals surface area contributed by atoms with Crippen LogP contribution in [0.4, 0.5) is 17.6 Å². The van der Waals surface area contributed by atoms with Gasteiger partial charge in [-0.25, -0.2) is 31.8 Å². The van der Waals surface area contributed by atoms with Crippen LogP contribution >= 0.6 is 31.9 Å². The normalized spacial score (nSPS) is 24.2. The zero-order valence-corrected chi connectivity index (χ0v) is 32.4. The Labute approximate surface area is 327 Å². The smallest absolute Gasteiger partial charge is 0.461 e. The maximum atomic E-state index is 14.3. The highest BCUT2D eigenvalue weighted by molar-refractivity contribution is 9.10. The molecule has 0 bridgehead atoms. The van der Waals surface area contributed by atoms with E-state index in [1.807, 2.05) is 30.3 Å². The first-order chi connectivity index (χ1) is 24.9. The van der Waals surface area contributed by atoms with E-state index >= 15 is 0 Å². The number of aromatic amines is 1. The molecule has 4 aliphatic carbocycles. The molecule has 2 heterocycles. The quantitative estimate of drug-likeness (QED) is 0.108. The molecule has 4 atom stereocenters. The summed E-state index contributed by atoms with van der Waals surface area (Å²) in [6, 6.07) is 14.3. The van der Waals surface area contributed by atoms with E-state index in [0.29, 0.717) is 28.0 Å². The summed E-state index contributed by atoms with van der Waals surface area (Å²) in [5, 5.41) is 28.4. The van der Waals surface area contributed by atoms with Crippen LogP contribution in [-0.2, 0) is 35.2 Å². The molecule has 0 saturated heterocycles. The molecule has 4 aliphatic rings. The molecular formula is C37H41BBr2F4N4O6. The lowest BCUT2D eigenvalue weighted by atomic mass is 9.81. The Morgan fingerprint density at radius 3 is 1.94 bits per heavy atom. The first-order valence-electron chi connectivity index (χ1n) is 17.1. The van der Waals surface area contributed by atoms with Crippen molar-refractivity contribution in [3.8, 4) is 5.69 Å². The van der Waals surface area contributed by atoms with Crippen LogP contribution in [0.2, 0.25) is 0 Å². The maximum absolute atomic E-state index is 14.3. The van der Waals surface area contributed by atoms with Crippen LogP contribution in [0.3, 0.4) is 0 Å². The average molecular weight is 884 g/mol. The summed E-state index contributed by atoms with van der Waals surface area (Å²) in [6.07, 6.45) is 0.787. The van der Waals surface area contributed by atoms with Crippen LogP contribution < -0.4 is 5.46 Å². The number of hydrogen-bond donors (Lipinski definition) is 3. The van der Waals surface area contributed by atoms with Gasteiger partial charge in [-0.15, -0.1) is 0 Å². The first-order valence-corrected chi connectivity index (χ1v) is 18.6. The molecule has 54 heavy (non-hydrogen) atoms. The number of rotatable bonds is 6. The number of esters is 2. The lowest BCUT2D eigenvalue weighted by Crippen LogP contribution is -2.29. The summed E-state index contributed by atoms with van der Waals surface area (Å²) in [7, 11) is -1.38. The highest BCUT2D eigenvalue weighted by Crippen LogP contribution is 2.71. The van der Waals surface area contributed by atoms with Crippen LogP contribution in [0.5, 0.6) is 0 Å². The lowest BCUT2D eigenvalue weighted by molar-refractivity contribution is 0.0507. The van der Waals surface area contributed by atoms with Gasteiger partial charge in [0.1, 0.15) is 0 Å². The molecule has 2 saturated carbocycles. The Morgan fingerprint density at radius 1 is 0.870 bits per heavy atom. The van der Waals surface area contributed by atoms with E-state index in [1.54, 1.807) is 50.6 Å². The van der Waals surface area contributed by atoms with Crippen molar-refractivity contribution in [3.05, 3.63) is 91.4 Å². The van der Waals surface area contributed by atoms with Crippen LogP contribution in [0.25, 0.3) is 5.69 Å². The van der Waals surface area contributed by atoms with E-state index in [1.165, 1.54) is 0 Å². The van der Waals surface area contributed by atoms with Gasteiger partial charge in [-0.2, -0.15) is 10.2 Å². The predicted molar refractivity (Wildman–Crippen MR) is 200 cm³/mol. The number of aromatic nitrogens is 4. The second kappa shape index (κ2) is 15.2. The molecule has 4 unspecified atom stereocenters. The van der Waals surface area contributed by atoms with Gasteiger partial charge in [0.05, 0.1) is 18.9 Å². The van der Waals surface area contributed by atoms with Crippen molar-refractivity contribution in [2.75, 3.05) is 13.2 Å². The van der Waals surface area contributed by atoms with Crippen molar-refractivity contribution in [1.82, 2.24) is 20.0 Å². The van der Waals surface area contributed by atoms with Crippen molar-refractivity contribution in [2.24, 2.45) is 22.7 Å². The SMILES string of the molecule is C.CCOC(=O)c1n[nH]c2c1CC1C(F)(F)C1(C)C2.CCOC(=O)c1nn(-c2cccc(Br)c2)c2c1CC1C(F)(F)C1(C)C2.OB(O)c1cccc(Br)c1. The first kappa shape index (κ1) is 41.6. The molecule has 4 aromatic rings. The zero-order valence-electron chi connectivity index (χ0n) is 29.2. The molecule has 0 aliphatic heterocycles. The topological polar surface area (TPSA) is 140 Å². The molecule has 10 nitrogen and oxygen atoms in total. The number of benzene rings is 2. The molecule has 8 rings (SSSR count). The van der Waals surface area contributed by atoms with Crippen molar-refractivity contribution in [2.45, 2.75) is 72.6 Å². The minimum Gasteiger partial charge on any atom is -0.461 e. The molecule has 17 heteroatoms. The number of halogens is 6. The van der Waals surface area contributed by atoms with E-state index in [4.69, 9.17) is 19.5 Å².